The van der Waals surface area contributed by atoms with Crippen LogP contribution < -0.4 is 5.32 Å². The van der Waals surface area contributed by atoms with Crippen molar-refractivity contribution in [1.82, 2.24) is 0 Å². The third-order valence-corrected chi connectivity index (χ3v) is 3.12. The maximum Gasteiger partial charge on any atom is 0.303 e. The molecule has 7 nitrogen and oxygen atoms in total. The molecular weight excluding hydrogens is 300 g/mol. The average molecular weight is 315 g/mol. The molecule has 1 unspecified atom stereocenters. The van der Waals surface area contributed by atoms with Crippen LogP contribution in [-0.4, -0.2) is 21.9 Å². The molecule has 0 saturated heterocycles. The molecule has 0 aliphatic rings. The fourth-order valence-corrected chi connectivity index (χ4v) is 2.06. The van der Waals surface area contributed by atoms with E-state index in [1.165, 1.54) is 12.1 Å². The number of nitro groups is 1. The molecule has 0 aliphatic carbocycles. The van der Waals surface area contributed by atoms with Crippen LogP contribution in [0.15, 0.2) is 12.1 Å². The fraction of sp³-hybridized carbons (Fsp3) is 0.385. The van der Waals surface area contributed by atoms with Crippen LogP contribution >= 0.6 is 11.6 Å². The van der Waals surface area contributed by atoms with Crippen molar-refractivity contribution >= 4 is 34.9 Å². The molecule has 8 heteroatoms. The van der Waals surface area contributed by atoms with Gasteiger partial charge in [-0.25, -0.2) is 0 Å². The molecule has 114 valence electrons. The van der Waals surface area contributed by atoms with Gasteiger partial charge in [0.25, 0.3) is 5.69 Å². The Morgan fingerprint density at radius 1 is 1.43 bits per heavy atom. The van der Waals surface area contributed by atoms with E-state index in [1.54, 1.807) is 13.8 Å². The zero-order chi connectivity index (χ0) is 16.2. The largest absolute Gasteiger partial charge is 0.481 e. The predicted molar refractivity (Wildman–Crippen MR) is 77.5 cm³/mol. The number of nitro benzene ring substituents is 1. The summed E-state index contributed by atoms with van der Waals surface area (Å²) in [4.78, 5) is 32.5. The Labute approximate surface area is 126 Å². The van der Waals surface area contributed by atoms with E-state index in [2.05, 4.69) is 5.32 Å². The Kier molecular flexibility index (Phi) is 5.66. The van der Waals surface area contributed by atoms with Gasteiger partial charge in [-0.05, 0) is 24.5 Å². The Morgan fingerprint density at radius 2 is 2.05 bits per heavy atom. The normalized spacial score (nSPS) is 11.8. The molecule has 0 radical (unpaired) electrons. The molecule has 1 rings (SSSR count). The number of nitrogens with one attached hydrogen (secondary N) is 1. The number of carboxylic acids is 1. The van der Waals surface area contributed by atoms with Crippen molar-refractivity contribution in [3.05, 3.63) is 32.8 Å². The van der Waals surface area contributed by atoms with Gasteiger partial charge >= 0.3 is 5.97 Å². The molecule has 1 aromatic rings. The van der Waals surface area contributed by atoms with Gasteiger partial charge in [-0.3, -0.25) is 19.7 Å². The molecular formula is C13H15ClN2O5. The van der Waals surface area contributed by atoms with E-state index in [1.807, 2.05) is 0 Å². The van der Waals surface area contributed by atoms with Crippen LogP contribution in [-0.2, 0) is 9.59 Å². The van der Waals surface area contributed by atoms with Gasteiger partial charge in [-0.2, -0.15) is 0 Å². The fourth-order valence-electron chi connectivity index (χ4n) is 1.83. The lowest BCUT2D eigenvalue weighted by Gasteiger charge is -2.11. The number of anilines is 1. The second kappa shape index (κ2) is 7.03. The number of benzene rings is 1. The maximum atomic E-state index is 11.8. The Balaban J connectivity index is 2.79. The highest BCUT2D eigenvalue weighted by molar-refractivity contribution is 6.33. The molecule has 0 saturated carbocycles. The summed E-state index contributed by atoms with van der Waals surface area (Å²) in [5.41, 5.74) is 0.648. The molecule has 0 heterocycles. The lowest BCUT2D eigenvalue weighted by molar-refractivity contribution is -0.384. The topological polar surface area (TPSA) is 110 Å². The van der Waals surface area contributed by atoms with Crippen molar-refractivity contribution in [2.45, 2.75) is 26.7 Å². The van der Waals surface area contributed by atoms with E-state index in [9.17, 15) is 19.7 Å². The van der Waals surface area contributed by atoms with Crippen molar-refractivity contribution < 1.29 is 19.6 Å². The molecule has 1 aromatic carbocycles. The highest BCUT2D eigenvalue weighted by atomic mass is 35.5. The second-order valence-corrected chi connectivity index (χ2v) is 5.24. The number of nitrogens with zero attached hydrogens (tertiary/aromatic N) is 1. The number of aryl methyl sites for hydroxylation is 1. The Hall–Kier alpha value is -2.15. The summed E-state index contributed by atoms with van der Waals surface area (Å²) < 4.78 is 0. The SMILES string of the molecule is Cc1cc([N+](=O)[O-])c(Cl)cc1NC(=O)CC(C)CC(=O)O. The zero-order valence-corrected chi connectivity index (χ0v) is 12.3. The number of hydrogen-bond acceptors (Lipinski definition) is 4. The van der Waals surface area contributed by atoms with E-state index in [0.717, 1.165) is 0 Å². The van der Waals surface area contributed by atoms with Crippen LogP contribution in [0.25, 0.3) is 0 Å². The van der Waals surface area contributed by atoms with Gasteiger partial charge in [-0.1, -0.05) is 18.5 Å². The number of rotatable bonds is 6. The zero-order valence-electron chi connectivity index (χ0n) is 11.6. The van der Waals surface area contributed by atoms with E-state index >= 15 is 0 Å². The minimum Gasteiger partial charge on any atom is -0.481 e. The van der Waals surface area contributed by atoms with Crippen molar-refractivity contribution in [1.29, 1.82) is 0 Å². The molecule has 2 N–H and O–H groups in total. The molecule has 0 aliphatic heterocycles. The van der Waals surface area contributed by atoms with E-state index < -0.39 is 10.9 Å². The summed E-state index contributed by atoms with van der Waals surface area (Å²) in [7, 11) is 0. The monoisotopic (exact) mass is 314 g/mol. The Bertz CT molecular complexity index is 588. The summed E-state index contributed by atoms with van der Waals surface area (Å²) in [5, 5.41) is 21.9. The third kappa shape index (κ3) is 5.03. The summed E-state index contributed by atoms with van der Waals surface area (Å²) >= 11 is 5.78. The van der Waals surface area contributed by atoms with Gasteiger partial charge in [0, 0.05) is 24.6 Å². The number of carbonyl (C=O) groups excluding carboxylic acids is 1. The van der Waals surface area contributed by atoms with Gasteiger partial charge in [0.2, 0.25) is 5.91 Å². The number of halogens is 1. The van der Waals surface area contributed by atoms with E-state index in [0.29, 0.717) is 11.3 Å². The van der Waals surface area contributed by atoms with Gasteiger partial charge in [0.15, 0.2) is 0 Å². The van der Waals surface area contributed by atoms with E-state index in [-0.39, 0.29) is 35.4 Å². The molecule has 1 amide bonds. The number of hydrogen-bond donors (Lipinski definition) is 2. The first-order chi connectivity index (χ1) is 9.70. The number of carbonyl (C=O) groups is 2. The van der Waals surface area contributed by atoms with Gasteiger partial charge in [-0.15, -0.1) is 0 Å². The number of amides is 1. The van der Waals surface area contributed by atoms with Crippen molar-refractivity contribution in [2.75, 3.05) is 5.32 Å². The average Bonchev–Trinajstić information content (AvgIpc) is 2.31. The van der Waals surface area contributed by atoms with Crippen LogP contribution in [0, 0.1) is 23.0 Å². The Morgan fingerprint density at radius 3 is 2.57 bits per heavy atom. The van der Waals surface area contributed by atoms with Crippen molar-refractivity contribution in [2.24, 2.45) is 5.92 Å². The number of carboxylic acid groups (broad SMARTS) is 1. The quantitative estimate of drug-likeness (QED) is 0.619. The van der Waals surface area contributed by atoms with Crippen LogP contribution in [0.4, 0.5) is 11.4 Å². The molecule has 0 aromatic heterocycles. The van der Waals surface area contributed by atoms with Crippen LogP contribution in [0.1, 0.15) is 25.3 Å². The molecule has 21 heavy (non-hydrogen) atoms. The first-order valence-corrected chi connectivity index (χ1v) is 6.54. The molecule has 0 bridgehead atoms. The standard InChI is InChI=1S/C13H15ClN2O5/c1-7(4-13(18)19)3-12(17)15-10-6-9(14)11(16(20)21)5-8(10)2/h5-7H,3-4H2,1-2H3,(H,15,17)(H,18,19). The highest BCUT2D eigenvalue weighted by Crippen LogP contribution is 2.30. The van der Waals surface area contributed by atoms with E-state index in [4.69, 9.17) is 16.7 Å². The van der Waals surface area contributed by atoms with Crippen LogP contribution in [0.3, 0.4) is 0 Å². The summed E-state index contributed by atoms with van der Waals surface area (Å²) in [6, 6.07) is 2.59. The van der Waals surface area contributed by atoms with Gasteiger partial charge < -0.3 is 10.4 Å². The predicted octanol–water partition coefficient (Wildman–Crippen LogP) is 3.00. The number of aliphatic carboxylic acids is 1. The van der Waals surface area contributed by atoms with Crippen LogP contribution in [0.5, 0.6) is 0 Å². The first-order valence-electron chi connectivity index (χ1n) is 6.17. The summed E-state index contributed by atoms with van der Waals surface area (Å²) in [6.07, 6.45) is -0.0617. The smallest absolute Gasteiger partial charge is 0.303 e. The second-order valence-electron chi connectivity index (χ2n) is 4.83. The van der Waals surface area contributed by atoms with Gasteiger partial charge in [0.1, 0.15) is 5.02 Å². The lowest BCUT2D eigenvalue weighted by atomic mass is 10.0. The molecule has 0 fully saturated rings. The van der Waals surface area contributed by atoms with Crippen molar-refractivity contribution in [3.8, 4) is 0 Å². The summed E-state index contributed by atoms with van der Waals surface area (Å²) in [5.74, 6) is -1.64. The molecule has 1 atom stereocenters. The molecule has 0 spiro atoms. The highest BCUT2D eigenvalue weighted by Gasteiger charge is 2.17. The third-order valence-electron chi connectivity index (χ3n) is 2.82. The lowest BCUT2D eigenvalue weighted by Crippen LogP contribution is -2.17. The van der Waals surface area contributed by atoms with Crippen LogP contribution in [0.2, 0.25) is 5.02 Å². The van der Waals surface area contributed by atoms with Crippen molar-refractivity contribution in [3.63, 3.8) is 0 Å². The first kappa shape index (κ1) is 16.9. The maximum absolute atomic E-state index is 11.8. The minimum absolute atomic E-state index is 0.0420. The summed E-state index contributed by atoms with van der Waals surface area (Å²) in [6.45, 7) is 3.27. The van der Waals surface area contributed by atoms with Gasteiger partial charge in [0.05, 0.1) is 4.92 Å². The minimum atomic E-state index is -0.968.